The second-order valence-corrected chi connectivity index (χ2v) is 14.6. The highest BCUT2D eigenvalue weighted by molar-refractivity contribution is 5.69. The van der Waals surface area contributed by atoms with E-state index in [-0.39, 0.29) is 26.2 Å². The monoisotopic (exact) mass is 714 g/mol. The molecule has 282 valence electrons. The van der Waals surface area contributed by atoms with Gasteiger partial charge in [0, 0.05) is 12.0 Å². The number of esters is 1. The van der Waals surface area contributed by atoms with Gasteiger partial charge in [-0.05, 0) is 39.7 Å². The lowest BCUT2D eigenvalue weighted by atomic mass is 9.96. The van der Waals surface area contributed by atoms with Crippen LogP contribution in [-0.4, -0.2) is 91.2 Å². The van der Waals surface area contributed by atoms with E-state index in [9.17, 15) is 9.90 Å². The molecule has 0 amide bonds. The van der Waals surface area contributed by atoms with Crippen molar-refractivity contribution >= 4 is 5.97 Å². The number of aliphatic hydroxyl groups excluding tert-OH is 1. The minimum Gasteiger partial charge on any atom is -0.454 e. The van der Waals surface area contributed by atoms with Gasteiger partial charge in [0.25, 0.3) is 0 Å². The Balaban J connectivity index is 1.26. The number of ether oxygens (including phenoxy) is 10. The van der Waals surface area contributed by atoms with Gasteiger partial charge in [-0.1, -0.05) is 93.3 Å². The van der Waals surface area contributed by atoms with Crippen LogP contribution in [0.1, 0.15) is 90.6 Å². The van der Waals surface area contributed by atoms with E-state index >= 15 is 0 Å². The zero-order chi connectivity index (χ0) is 36.0. The van der Waals surface area contributed by atoms with Gasteiger partial charge < -0.3 is 52.5 Å². The van der Waals surface area contributed by atoms with E-state index in [2.05, 4.69) is 6.92 Å². The van der Waals surface area contributed by atoms with E-state index in [0.717, 1.165) is 36.8 Å². The third kappa shape index (κ3) is 9.94. The molecule has 6 rings (SSSR count). The molecule has 0 saturated carbocycles. The van der Waals surface area contributed by atoms with Crippen molar-refractivity contribution in [2.24, 2.45) is 0 Å². The van der Waals surface area contributed by atoms with Crippen LogP contribution in [-0.2, 0) is 58.8 Å². The SMILES string of the molecule is CCCCCCCC(=O)O[C@@H]1[C@H](OC(O)[C@H]2OC(C)(C)O[C@@H]2[C@@H]2COC(C)(C)O2)O[C@@H]2COC(c3ccccc3)O[C@H]2[C@@H]1OCc1ccccc1. The van der Waals surface area contributed by atoms with Crippen molar-refractivity contribution in [1.29, 1.82) is 0 Å². The quantitative estimate of drug-likeness (QED) is 0.138. The summed E-state index contributed by atoms with van der Waals surface area (Å²) in [5, 5.41) is 11.7. The molecular weight excluding hydrogens is 660 g/mol. The number of unbranched alkanes of at least 4 members (excludes halogenated alkanes) is 4. The molecule has 2 aromatic rings. The Bertz CT molecular complexity index is 1370. The van der Waals surface area contributed by atoms with Gasteiger partial charge in [0.15, 0.2) is 30.3 Å². The fourth-order valence-electron chi connectivity index (χ4n) is 7.02. The van der Waals surface area contributed by atoms with Gasteiger partial charge in [0.05, 0.1) is 19.8 Å². The van der Waals surface area contributed by atoms with Crippen molar-refractivity contribution < 1.29 is 57.3 Å². The van der Waals surface area contributed by atoms with Crippen molar-refractivity contribution in [3.8, 4) is 0 Å². The van der Waals surface area contributed by atoms with Gasteiger partial charge in [-0.15, -0.1) is 0 Å². The van der Waals surface area contributed by atoms with Crippen molar-refractivity contribution in [2.75, 3.05) is 13.2 Å². The van der Waals surface area contributed by atoms with Crippen LogP contribution < -0.4 is 0 Å². The fourth-order valence-corrected chi connectivity index (χ4v) is 7.02. The Morgan fingerprint density at radius 2 is 1.55 bits per heavy atom. The van der Waals surface area contributed by atoms with Gasteiger partial charge in [0.2, 0.25) is 6.29 Å². The van der Waals surface area contributed by atoms with Crippen LogP contribution in [0.15, 0.2) is 60.7 Å². The molecule has 4 fully saturated rings. The largest absolute Gasteiger partial charge is 0.454 e. The van der Waals surface area contributed by atoms with Crippen LogP contribution in [0.4, 0.5) is 0 Å². The summed E-state index contributed by atoms with van der Waals surface area (Å²) in [5.41, 5.74) is 1.76. The standard InChI is InChI=1S/C39H54O12/c1-6-7-8-9-16-21-29(40)46-34-32(42-22-25-17-12-10-13-18-25)30-27(23-43-36(47-30)26-19-14-11-15-20-26)45-37(34)48-35(41)33-31(50-39(4,5)51-33)28-24-44-38(2,3)49-28/h10-15,17-20,27-28,30-37,41H,6-9,16,21-24H2,1-5H3/t27-,28+,30-,31-,32+,33+,34+,35?,36?,37+/m1/s1. The number of carbonyl (C=O) groups excluding carboxylic acids is 1. The predicted molar refractivity (Wildman–Crippen MR) is 183 cm³/mol. The van der Waals surface area contributed by atoms with Gasteiger partial charge in [0.1, 0.15) is 36.6 Å². The molecule has 0 aliphatic carbocycles. The first kappa shape index (κ1) is 38.2. The van der Waals surface area contributed by atoms with Crippen molar-refractivity contribution in [3.63, 3.8) is 0 Å². The van der Waals surface area contributed by atoms with Gasteiger partial charge >= 0.3 is 5.97 Å². The highest BCUT2D eigenvalue weighted by Crippen LogP contribution is 2.40. The Morgan fingerprint density at radius 3 is 2.25 bits per heavy atom. The smallest absolute Gasteiger partial charge is 0.306 e. The highest BCUT2D eigenvalue weighted by Gasteiger charge is 2.56. The Hall–Kier alpha value is -2.49. The number of rotatable bonds is 15. The summed E-state index contributed by atoms with van der Waals surface area (Å²) in [7, 11) is 0. The average molecular weight is 715 g/mol. The summed E-state index contributed by atoms with van der Waals surface area (Å²) < 4.78 is 62.5. The van der Waals surface area contributed by atoms with Crippen LogP contribution >= 0.6 is 0 Å². The average Bonchev–Trinajstić information content (AvgIpc) is 3.65. The zero-order valence-corrected chi connectivity index (χ0v) is 30.3. The molecule has 4 aliphatic rings. The summed E-state index contributed by atoms with van der Waals surface area (Å²) in [6, 6.07) is 19.3. The number of carbonyl (C=O) groups is 1. The lowest BCUT2D eigenvalue weighted by molar-refractivity contribution is -0.386. The lowest BCUT2D eigenvalue weighted by Crippen LogP contribution is -2.64. The van der Waals surface area contributed by atoms with Crippen LogP contribution in [0, 0.1) is 0 Å². The molecule has 4 saturated heterocycles. The normalized spacial score (nSPS) is 33.4. The van der Waals surface area contributed by atoms with Crippen LogP contribution in [0.5, 0.6) is 0 Å². The lowest BCUT2D eigenvalue weighted by Gasteiger charge is -2.49. The van der Waals surface area contributed by atoms with E-state index < -0.39 is 79.1 Å². The molecule has 4 heterocycles. The summed E-state index contributed by atoms with van der Waals surface area (Å²) in [4.78, 5) is 13.5. The summed E-state index contributed by atoms with van der Waals surface area (Å²) in [5.74, 6) is -2.28. The van der Waals surface area contributed by atoms with Crippen LogP contribution in [0.2, 0.25) is 0 Å². The van der Waals surface area contributed by atoms with Gasteiger partial charge in [-0.25, -0.2) is 0 Å². The molecule has 2 aromatic carbocycles. The minimum absolute atomic E-state index is 0.143. The van der Waals surface area contributed by atoms with Crippen molar-refractivity contribution in [2.45, 2.75) is 153 Å². The third-order valence-electron chi connectivity index (χ3n) is 9.51. The fraction of sp³-hybridized carbons (Fsp3) is 0.667. The molecule has 12 heteroatoms. The maximum absolute atomic E-state index is 13.5. The molecule has 0 aromatic heterocycles. The van der Waals surface area contributed by atoms with Crippen LogP contribution in [0.3, 0.4) is 0 Å². The van der Waals surface area contributed by atoms with E-state index in [0.29, 0.717) is 6.42 Å². The second kappa shape index (κ2) is 17.1. The summed E-state index contributed by atoms with van der Waals surface area (Å²) >= 11 is 0. The van der Waals surface area contributed by atoms with E-state index in [1.165, 1.54) is 0 Å². The third-order valence-corrected chi connectivity index (χ3v) is 9.51. The van der Waals surface area contributed by atoms with Crippen molar-refractivity contribution in [1.82, 2.24) is 0 Å². The number of aliphatic hydroxyl groups is 1. The molecule has 51 heavy (non-hydrogen) atoms. The number of fused-ring (bicyclic) bond motifs is 1. The summed E-state index contributed by atoms with van der Waals surface area (Å²) in [6.45, 7) is 9.90. The van der Waals surface area contributed by atoms with Crippen molar-refractivity contribution in [3.05, 3.63) is 71.8 Å². The van der Waals surface area contributed by atoms with Gasteiger partial charge in [-0.2, -0.15) is 0 Å². The van der Waals surface area contributed by atoms with E-state index in [1.54, 1.807) is 13.8 Å². The van der Waals surface area contributed by atoms with E-state index in [4.69, 9.17) is 47.4 Å². The van der Waals surface area contributed by atoms with Crippen LogP contribution in [0.25, 0.3) is 0 Å². The first-order valence-electron chi connectivity index (χ1n) is 18.4. The molecule has 10 atom stereocenters. The first-order chi connectivity index (χ1) is 24.5. The number of benzene rings is 2. The summed E-state index contributed by atoms with van der Waals surface area (Å²) in [6.07, 6.45) is -4.01. The maximum atomic E-state index is 13.5. The highest BCUT2D eigenvalue weighted by atomic mass is 16.8. The topological polar surface area (TPSA) is 130 Å². The Labute approximate surface area is 300 Å². The Morgan fingerprint density at radius 1 is 0.824 bits per heavy atom. The van der Waals surface area contributed by atoms with Gasteiger partial charge in [-0.3, -0.25) is 4.79 Å². The molecule has 0 radical (unpaired) electrons. The maximum Gasteiger partial charge on any atom is 0.306 e. The molecule has 4 aliphatic heterocycles. The molecule has 0 spiro atoms. The Kier molecular flexibility index (Phi) is 12.8. The predicted octanol–water partition coefficient (Wildman–Crippen LogP) is 5.69. The molecule has 0 bridgehead atoms. The number of hydrogen-bond acceptors (Lipinski definition) is 12. The number of hydrogen-bond donors (Lipinski definition) is 1. The molecular formula is C39H54O12. The molecule has 1 N–H and O–H groups in total. The van der Waals surface area contributed by atoms with E-state index in [1.807, 2.05) is 74.5 Å². The first-order valence-corrected chi connectivity index (χ1v) is 18.4. The molecule has 2 unspecified atom stereocenters. The zero-order valence-electron chi connectivity index (χ0n) is 30.3. The minimum atomic E-state index is -1.57. The second-order valence-electron chi connectivity index (χ2n) is 14.6. The molecule has 12 nitrogen and oxygen atoms in total.